The van der Waals surface area contributed by atoms with E-state index in [-0.39, 0.29) is 18.4 Å². The van der Waals surface area contributed by atoms with Gasteiger partial charge < -0.3 is 10.6 Å². The average Bonchev–Trinajstić information content (AvgIpc) is 3.02. The van der Waals surface area contributed by atoms with Crippen molar-refractivity contribution in [2.75, 3.05) is 11.9 Å². The minimum absolute atomic E-state index is 0.0634. The summed E-state index contributed by atoms with van der Waals surface area (Å²) in [6, 6.07) is 1.86. The van der Waals surface area contributed by atoms with Gasteiger partial charge in [-0.05, 0) is 25.0 Å². The topological polar surface area (TPSA) is 76.0 Å². The molecule has 2 aromatic rings. The van der Waals surface area contributed by atoms with Crippen LogP contribution >= 0.6 is 11.3 Å². The number of hydrogen-bond acceptors (Lipinski definition) is 4. The molecule has 0 aliphatic heterocycles. The third kappa shape index (κ3) is 3.91. The molecule has 0 aliphatic carbocycles. The van der Waals surface area contributed by atoms with Crippen molar-refractivity contribution in [1.29, 1.82) is 0 Å². The number of rotatable bonds is 5. The van der Waals surface area contributed by atoms with E-state index < -0.39 is 0 Å². The molecule has 112 valence electrons. The SMILES string of the molecule is CCc1sc(C(=O)NCC(=O)Nc2cnn(C)c2)cc1C. The Morgan fingerprint density at radius 1 is 1.43 bits per heavy atom. The highest BCUT2D eigenvalue weighted by Gasteiger charge is 2.13. The Kier molecular flexibility index (Phi) is 4.74. The van der Waals surface area contributed by atoms with Gasteiger partial charge in [-0.25, -0.2) is 0 Å². The van der Waals surface area contributed by atoms with Gasteiger partial charge in [-0.3, -0.25) is 14.3 Å². The molecule has 6 nitrogen and oxygen atoms in total. The number of thiophene rings is 1. The summed E-state index contributed by atoms with van der Waals surface area (Å²) in [6.45, 7) is 3.98. The van der Waals surface area contributed by atoms with Crippen LogP contribution in [-0.2, 0) is 18.3 Å². The lowest BCUT2D eigenvalue weighted by atomic mass is 10.2. The van der Waals surface area contributed by atoms with E-state index >= 15 is 0 Å². The van der Waals surface area contributed by atoms with Gasteiger partial charge in [0, 0.05) is 18.1 Å². The van der Waals surface area contributed by atoms with Gasteiger partial charge in [0.25, 0.3) is 5.91 Å². The molecule has 2 heterocycles. The van der Waals surface area contributed by atoms with Gasteiger partial charge in [-0.15, -0.1) is 11.3 Å². The molecule has 0 radical (unpaired) electrons. The van der Waals surface area contributed by atoms with Crippen LogP contribution in [0.4, 0.5) is 5.69 Å². The molecule has 2 amide bonds. The van der Waals surface area contributed by atoms with Crippen molar-refractivity contribution in [1.82, 2.24) is 15.1 Å². The monoisotopic (exact) mass is 306 g/mol. The fraction of sp³-hybridized carbons (Fsp3) is 0.357. The van der Waals surface area contributed by atoms with Gasteiger partial charge in [0.1, 0.15) is 0 Å². The van der Waals surface area contributed by atoms with Crippen molar-refractivity contribution in [2.24, 2.45) is 7.05 Å². The van der Waals surface area contributed by atoms with Crippen LogP contribution in [0.5, 0.6) is 0 Å². The first kappa shape index (κ1) is 15.2. The van der Waals surface area contributed by atoms with Crippen molar-refractivity contribution in [3.8, 4) is 0 Å². The fourth-order valence-electron chi connectivity index (χ4n) is 1.92. The number of hydrogen-bond donors (Lipinski definition) is 2. The molecule has 0 spiro atoms. The van der Waals surface area contributed by atoms with Crippen molar-refractivity contribution in [3.05, 3.63) is 33.8 Å². The molecular formula is C14H18N4O2S. The predicted molar refractivity (Wildman–Crippen MR) is 82.6 cm³/mol. The normalized spacial score (nSPS) is 10.4. The number of anilines is 1. The average molecular weight is 306 g/mol. The molecule has 0 saturated heterocycles. The number of nitrogens with zero attached hydrogens (tertiary/aromatic N) is 2. The Morgan fingerprint density at radius 2 is 2.19 bits per heavy atom. The van der Waals surface area contributed by atoms with Crippen LogP contribution in [0.1, 0.15) is 27.0 Å². The molecule has 2 rings (SSSR count). The Bertz CT molecular complexity index is 660. The third-order valence-corrected chi connectivity index (χ3v) is 4.34. The molecule has 0 aliphatic rings. The second-order valence-corrected chi connectivity index (χ2v) is 5.84. The van der Waals surface area contributed by atoms with Crippen LogP contribution in [0.15, 0.2) is 18.5 Å². The first-order valence-corrected chi connectivity index (χ1v) is 7.47. The zero-order valence-corrected chi connectivity index (χ0v) is 13.1. The van der Waals surface area contributed by atoms with Gasteiger partial charge in [0.05, 0.1) is 23.3 Å². The summed E-state index contributed by atoms with van der Waals surface area (Å²) in [4.78, 5) is 25.5. The zero-order chi connectivity index (χ0) is 15.4. The summed E-state index contributed by atoms with van der Waals surface area (Å²) >= 11 is 1.47. The molecule has 0 unspecified atom stereocenters. The van der Waals surface area contributed by atoms with E-state index in [1.54, 1.807) is 24.1 Å². The number of carbonyl (C=O) groups excluding carboxylic acids is 2. The molecule has 0 fully saturated rings. The molecule has 0 aromatic carbocycles. The minimum Gasteiger partial charge on any atom is -0.342 e. The van der Waals surface area contributed by atoms with E-state index in [0.717, 1.165) is 12.0 Å². The maximum Gasteiger partial charge on any atom is 0.261 e. The van der Waals surface area contributed by atoms with Gasteiger partial charge in [0.2, 0.25) is 5.91 Å². The van der Waals surface area contributed by atoms with E-state index in [9.17, 15) is 9.59 Å². The van der Waals surface area contributed by atoms with Gasteiger partial charge >= 0.3 is 0 Å². The van der Waals surface area contributed by atoms with Crippen molar-refractivity contribution >= 4 is 28.8 Å². The van der Waals surface area contributed by atoms with Gasteiger partial charge in [-0.2, -0.15) is 5.10 Å². The molecule has 7 heteroatoms. The lowest BCUT2D eigenvalue weighted by Gasteiger charge is -2.03. The van der Waals surface area contributed by atoms with Crippen LogP contribution in [0, 0.1) is 6.92 Å². The number of carbonyl (C=O) groups is 2. The fourth-order valence-corrected chi connectivity index (χ4v) is 2.95. The Hall–Kier alpha value is -2.15. The summed E-state index contributed by atoms with van der Waals surface area (Å²) in [7, 11) is 1.77. The molecule has 0 saturated carbocycles. The van der Waals surface area contributed by atoms with Crippen LogP contribution in [0.2, 0.25) is 0 Å². The van der Waals surface area contributed by atoms with Gasteiger partial charge in [0.15, 0.2) is 0 Å². The minimum atomic E-state index is -0.277. The standard InChI is InChI=1S/C14H18N4O2S/c1-4-11-9(2)5-12(21-11)14(20)15-7-13(19)17-10-6-16-18(3)8-10/h5-6,8H,4,7H2,1-3H3,(H,15,20)(H,17,19). The molecule has 2 aromatic heterocycles. The Morgan fingerprint density at radius 3 is 2.76 bits per heavy atom. The van der Waals surface area contributed by atoms with E-state index in [2.05, 4.69) is 22.7 Å². The summed E-state index contributed by atoms with van der Waals surface area (Å²) in [5.41, 5.74) is 1.73. The maximum absolute atomic E-state index is 12.0. The highest BCUT2D eigenvalue weighted by Crippen LogP contribution is 2.22. The van der Waals surface area contributed by atoms with Crippen LogP contribution in [-0.4, -0.2) is 28.1 Å². The second-order valence-electron chi connectivity index (χ2n) is 4.70. The lowest BCUT2D eigenvalue weighted by Crippen LogP contribution is -2.32. The number of amides is 2. The van der Waals surface area contributed by atoms with E-state index in [4.69, 9.17) is 0 Å². The molecule has 2 N–H and O–H groups in total. The molecule has 21 heavy (non-hydrogen) atoms. The first-order valence-electron chi connectivity index (χ1n) is 6.65. The zero-order valence-electron chi connectivity index (χ0n) is 12.3. The van der Waals surface area contributed by atoms with E-state index in [1.807, 2.05) is 13.0 Å². The largest absolute Gasteiger partial charge is 0.342 e. The van der Waals surface area contributed by atoms with Crippen molar-refractivity contribution < 1.29 is 9.59 Å². The summed E-state index contributed by atoms with van der Waals surface area (Å²) in [5.74, 6) is -0.496. The molecule has 0 bridgehead atoms. The Balaban J connectivity index is 1.86. The highest BCUT2D eigenvalue weighted by atomic mass is 32.1. The van der Waals surface area contributed by atoms with Crippen LogP contribution < -0.4 is 10.6 Å². The summed E-state index contributed by atoms with van der Waals surface area (Å²) in [5, 5.41) is 9.24. The van der Waals surface area contributed by atoms with Crippen molar-refractivity contribution in [2.45, 2.75) is 20.3 Å². The van der Waals surface area contributed by atoms with E-state index in [1.165, 1.54) is 16.2 Å². The predicted octanol–water partition coefficient (Wildman–Crippen LogP) is 1.72. The van der Waals surface area contributed by atoms with E-state index in [0.29, 0.717) is 10.6 Å². The first-order chi connectivity index (χ1) is 9.99. The lowest BCUT2D eigenvalue weighted by molar-refractivity contribution is -0.115. The number of aryl methyl sites for hydroxylation is 3. The number of nitrogens with one attached hydrogen (secondary N) is 2. The van der Waals surface area contributed by atoms with Crippen molar-refractivity contribution in [3.63, 3.8) is 0 Å². The second kappa shape index (κ2) is 6.53. The highest BCUT2D eigenvalue weighted by molar-refractivity contribution is 7.14. The molecular weight excluding hydrogens is 288 g/mol. The number of aromatic nitrogens is 2. The smallest absolute Gasteiger partial charge is 0.261 e. The summed E-state index contributed by atoms with van der Waals surface area (Å²) < 4.78 is 1.59. The van der Waals surface area contributed by atoms with Crippen LogP contribution in [0.3, 0.4) is 0 Å². The van der Waals surface area contributed by atoms with Gasteiger partial charge in [-0.1, -0.05) is 6.92 Å². The maximum atomic E-state index is 12.0. The third-order valence-electron chi connectivity index (χ3n) is 2.96. The Labute approximate surface area is 127 Å². The molecule has 0 atom stereocenters. The van der Waals surface area contributed by atoms with Crippen LogP contribution in [0.25, 0.3) is 0 Å². The summed E-state index contributed by atoms with van der Waals surface area (Å²) in [6.07, 6.45) is 4.15. The quantitative estimate of drug-likeness (QED) is 0.883.